The summed E-state index contributed by atoms with van der Waals surface area (Å²) in [5.41, 5.74) is -0.580. The van der Waals surface area contributed by atoms with E-state index in [1.165, 1.54) is 0 Å². The Kier molecular flexibility index (Phi) is 5.42. The monoisotopic (exact) mass is 322 g/mol. The molecule has 0 fully saturated rings. The van der Waals surface area contributed by atoms with Crippen molar-refractivity contribution in [3.8, 4) is 0 Å². The van der Waals surface area contributed by atoms with E-state index in [0.717, 1.165) is 6.07 Å². The standard InChI is InChI=1S/C11H9ClF2N2O5/c12-6-1-5(13)2-7(14)10(6)15-11(21)16(3-8(17)18)4-9(19)20/h1-2H,3-4H2,(H,15,21)(H,17,18)(H,19,20). The van der Waals surface area contributed by atoms with Gasteiger partial charge in [-0.25, -0.2) is 13.6 Å². The lowest BCUT2D eigenvalue weighted by atomic mass is 10.3. The molecule has 0 bridgehead atoms. The number of hydrogen-bond acceptors (Lipinski definition) is 3. The van der Waals surface area contributed by atoms with Crippen LogP contribution in [0.1, 0.15) is 0 Å². The van der Waals surface area contributed by atoms with Crippen molar-refractivity contribution in [2.45, 2.75) is 0 Å². The van der Waals surface area contributed by atoms with E-state index in [2.05, 4.69) is 0 Å². The van der Waals surface area contributed by atoms with Crippen LogP contribution in [-0.2, 0) is 9.59 Å². The molecule has 0 saturated heterocycles. The molecule has 2 amide bonds. The van der Waals surface area contributed by atoms with Crippen LogP contribution in [0.25, 0.3) is 0 Å². The molecule has 0 aromatic heterocycles. The number of carbonyl (C=O) groups is 3. The zero-order valence-electron chi connectivity index (χ0n) is 10.3. The summed E-state index contributed by atoms with van der Waals surface area (Å²) in [6.45, 7) is -1.84. The highest BCUT2D eigenvalue weighted by atomic mass is 35.5. The molecule has 1 aromatic rings. The van der Waals surface area contributed by atoms with E-state index >= 15 is 0 Å². The Morgan fingerprint density at radius 3 is 2.10 bits per heavy atom. The first kappa shape index (κ1) is 16.6. The van der Waals surface area contributed by atoms with E-state index < -0.39 is 53.4 Å². The van der Waals surface area contributed by atoms with Crippen LogP contribution in [0, 0.1) is 11.6 Å². The van der Waals surface area contributed by atoms with Crippen molar-refractivity contribution in [2.24, 2.45) is 0 Å². The van der Waals surface area contributed by atoms with Gasteiger partial charge in [-0.1, -0.05) is 11.6 Å². The van der Waals surface area contributed by atoms with Crippen molar-refractivity contribution < 1.29 is 33.4 Å². The molecule has 0 radical (unpaired) electrons. The summed E-state index contributed by atoms with van der Waals surface area (Å²) in [6, 6.07) is -0.00800. The van der Waals surface area contributed by atoms with Crippen LogP contribution < -0.4 is 5.32 Å². The van der Waals surface area contributed by atoms with E-state index in [1.54, 1.807) is 0 Å². The Labute approximate surface area is 121 Å². The lowest BCUT2D eigenvalue weighted by molar-refractivity contribution is -0.140. The van der Waals surface area contributed by atoms with Gasteiger partial charge < -0.3 is 20.4 Å². The van der Waals surface area contributed by atoms with E-state index in [1.807, 2.05) is 5.32 Å². The van der Waals surface area contributed by atoms with Crippen molar-refractivity contribution in [2.75, 3.05) is 18.4 Å². The van der Waals surface area contributed by atoms with Gasteiger partial charge in [0.25, 0.3) is 0 Å². The lowest BCUT2D eigenvalue weighted by Gasteiger charge is -2.19. The molecule has 7 nitrogen and oxygen atoms in total. The minimum atomic E-state index is -1.46. The van der Waals surface area contributed by atoms with Crippen molar-refractivity contribution in [1.82, 2.24) is 4.90 Å². The van der Waals surface area contributed by atoms with E-state index in [4.69, 9.17) is 21.8 Å². The molecule has 0 aliphatic heterocycles. The van der Waals surface area contributed by atoms with Crippen LogP contribution in [0.3, 0.4) is 0 Å². The topological polar surface area (TPSA) is 107 Å². The number of urea groups is 1. The summed E-state index contributed by atoms with van der Waals surface area (Å²) in [5, 5.41) is 18.6. The molecule has 0 atom stereocenters. The van der Waals surface area contributed by atoms with E-state index in [0.29, 0.717) is 11.0 Å². The third-order valence-corrected chi connectivity index (χ3v) is 2.48. The van der Waals surface area contributed by atoms with Gasteiger partial charge in [-0.3, -0.25) is 9.59 Å². The number of benzene rings is 1. The van der Waals surface area contributed by atoms with Gasteiger partial charge in [0.1, 0.15) is 18.9 Å². The third-order valence-electron chi connectivity index (χ3n) is 2.18. The SMILES string of the molecule is O=C(O)CN(CC(=O)O)C(=O)Nc1c(F)cc(F)cc1Cl. The first-order chi connectivity index (χ1) is 9.70. The van der Waals surface area contributed by atoms with Gasteiger partial charge >= 0.3 is 18.0 Å². The number of carboxylic acid groups (broad SMARTS) is 2. The normalized spacial score (nSPS) is 10.0. The molecule has 0 aliphatic rings. The summed E-state index contributed by atoms with van der Waals surface area (Å²) in [5.74, 6) is -5.07. The van der Waals surface area contributed by atoms with Gasteiger partial charge in [-0.2, -0.15) is 0 Å². The average Bonchev–Trinajstić information content (AvgIpc) is 2.31. The third kappa shape index (κ3) is 4.88. The molecule has 0 unspecified atom stereocenters. The van der Waals surface area contributed by atoms with Crippen molar-refractivity contribution in [3.05, 3.63) is 28.8 Å². The minimum Gasteiger partial charge on any atom is -0.480 e. The Morgan fingerprint density at radius 1 is 1.14 bits per heavy atom. The van der Waals surface area contributed by atoms with Crippen molar-refractivity contribution >= 4 is 35.3 Å². The maximum atomic E-state index is 13.5. The summed E-state index contributed by atoms with van der Waals surface area (Å²) in [6.07, 6.45) is 0. The molecule has 0 saturated carbocycles. The predicted octanol–water partition coefficient (Wildman–Crippen LogP) is 1.62. The number of nitrogens with zero attached hydrogens (tertiary/aromatic N) is 1. The number of nitrogens with one attached hydrogen (secondary N) is 1. The first-order valence-electron chi connectivity index (χ1n) is 5.34. The number of rotatable bonds is 5. The molecule has 1 aromatic carbocycles. The zero-order chi connectivity index (χ0) is 16.2. The van der Waals surface area contributed by atoms with Gasteiger partial charge in [0.2, 0.25) is 0 Å². The van der Waals surface area contributed by atoms with Gasteiger partial charge in [0.15, 0.2) is 5.82 Å². The zero-order valence-corrected chi connectivity index (χ0v) is 11.0. The Bertz CT molecular complexity index is 557. The molecular weight excluding hydrogens is 314 g/mol. The molecule has 114 valence electrons. The van der Waals surface area contributed by atoms with Crippen molar-refractivity contribution in [1.29, 1.82) is 0 Å². The number of carbonyl (C=O) groups excluding carboxylic acids is 1. The van der Waals surface area contributed by atoms with Gasteiger partial charge in [-0.15, -0.1) is 0 Å². The highest BCUT2D eigenvalue weighted by molar-refractivity contribution is 6.33. The molecule has 21 heavy (non-hydrogen) atoms. The number of hydrogen-bond donors (Lipinski definition) is 3. The fraction of sp³-hybridized carbons (Fsp3) is 0.182. The quantitative estimate of drug-likeness (QED) is 0.763. The summed E-state index contributed by atoms with van der Waals surface area (Å²) in [7, 11) is 0. The highest BCUT2D eigenvalue weighted by Crippen LogP contribution is 2.26. The van der Waals surface area contributed by atoms with Crippen LogP contribution in [0.2, 0.25) is 5.02 Å². The molecule has 0 spiro atoms. The molecule has 1 rings (SSSR count). The van der Waals surface area contributed by atoms with Gasteiger partial charge in [0, 0.05) is 6.07 Å². The molecule has 3 N–H and O–H groups in total. The van der Waals surface area contributed by atoms with E-state index in [-0.39, 0.29) is 0 Å². The second-order valence-corrected chi connectivity index (χ2v) is 4.23. The Morgan fingerprint density at radius 2 is 1.67 bits per heavy atom. The summed E-state index contributed by atoms with van der Waals surface area (Å²) >= 11 is 5.55. The van der Waals surface area contributed by atoms with E-state index in [9.17, 15) is 23.2 Å². The summed E-state index contributed by atoms with van der Waals surface area (Å²) in [4.78, 5) is 33.3. The fourth-order valence-electron chi connectivity index (χ4n) is 1.37. The second kappa shape index (κ2) is 6.84. The largest absolute Gasteiger partial charge is 0.480 e. The maximum Gasteiger partial charge on any atom is 0.323 e. The van der Waals surface area contributed by atoms with Crippen LogP contribution in [0.15, 0.2) is 12.1 Å². The highest BCUT2D eigenvalue weighted by Gasteiger charge is 2.22. The number of anilines is 1. The van der Waals surface area contributed by atoms with Crippen molar-refractivity contribution in [3.63, 3.8) is 0 Å². The molecule has 0 aliphatic carbocycles. The Hall–Kier alpha value is -2.42. The minimum absolute atomic E-state index is 0.407. The smallest absolute Gasteiger partial charge is 0.323 e. The lowest BCUT2D eigenvalue weighted by Crippen LogP contribution is -2.42. The molecule has 10 heteroatoms. The number of carboxylic acids is 2. The van der Waals surface area contributed by atoms with Gasteiger partial charge in [0.05, 0.1) is 10.7 Å². The number of aliphatic carboxylic acids is 2. The summed E-state index contributed by atoms with van der Waals surface area (Å²) < 4.78 is 26.3. The average molecular weight is 323 g/mol. The predicted molar refractivity (Wildman–Crippen MR) is 67.2 cm³/mol. The maximum absolute atomic E-state index is 13.5. The Balaban J connectivity index is 2.96. The number of halogens is 3. The molecular formula is C11H9ClF2N2O5. The van der Waals surface area contributed by atoms with Crippen LogP contribution >= 0.6 is 11.6 Å². The second-order valence-electron chi connectivity index (χ2n) is 3.82. The first-order valence-corrected chi connectivity index (χ1v) is 5.72. The van der Waals surface area contributed by atoms with Crippen LogP contribution in [0.4, 0.5) is 19.3 Å². The van der Waals surface area contributed by atoms with Crippen LogP contribution in [-0.4, -0.2) is 46.2 Å². The number of amides is 2. The molecule has 0 heterocycles. The van der Waals surface area contributed by atoms with Crippen LogP contribution in [0.5, 0.6) is 0 Å². The fourth-order valence-corrected chi connectivity index (χ4v) is 1.62. The van der Waals surface area contributed by atoms with Gasteiger partial charge in [-0.05, 0) is 6.07 Å².